The summed E-state index contributed by atoms with van der Waals surface area (Å²) in [5.41, 5.74) is 7.71. The minimum Gasteiger partial charge on any atom is -0.491 e. The Morgan fingerprint density at radius 3 is 2.55 bits per heavy atom. The van der Waals surface area contributed by atoms with Gasteiger partial charge in [0.05, 0.1) is 12.3 Å². The molecule has 2 aromatic rings. The molecule has 3 nitrogen and oxygen atoms in total. The number of benzene rings is 2. The molecule has 106 valence electrons. The van der Waals surface area contributed by atoms with E-state index in [1.165, 1.54) is 5.56 Å². The summed E-state index contributed by atoms with van der Waals surface area (Å²) >= 11 is 0. The summed E-state index contributed by atoms with van der Waals surface area (Å²) in [4.78, 5) is 0. The topological polar surface area (TPSA) is 44.5 Å². The van der Waals surface area contributed by atoms with Gasteiger partial charge in [-0.05, 0) is 36.6 Å². The number of nitrogens with two attached hydrogens (primary N) is 1. The van der Waals surface area contributed by atoms with Gasteiger partial charge < -0.3 is 15.2 Å². The smallest absolute Gasteiger partial charge is 0.145 e. The second kappa shape index (κ2) is 6.85. The van der Waals surface area contributed by atoms with Crippen LogP contribution in [-0.2, 0) is 6.42 Å². The van der Waals surface area contributed by atoms with Crippen molar-refractivity contribution in [2.75, 3.05) is 12.3 Å². The van der Waals surface area contributed by atoms with E-state index in [0.717, 1.165) is 24.3 Å². The molecule has 0 saturated carbocycles. The second-order valence-electron chi connectivity index (χ2n) is 4.61. The predicted molar refractivity (Wildman–Crippen MR) is 82.5 cm³/mol. The van der Waals surface area contributed by atoms with Crippen LogP contribution < -0.4 is 15.2 Å². The third kappa shape index (κ3) is 3.44. The molecule has 0 aromatic heterocycles. The number of hydrogen-bond donors (Lipinski definition) is 1. The molecule has 0 aliphatic heterocycles. The van der Waals surface area contributed by atoms with Crippen LogP contribution >= 0.6 is 0 Å². The fourth-order valence-electron chi connectivity index (χ4n) is 1.94. The molecule has 0 fully saturated rings. The molecule has 0 unspecified atom stereocenters. The summed E-state index contributed by atoms with van der Waals surface area (Å²) in [6, 6.07) is 13.6. The lowest BCUT2D eigenvalue weighted by Gasteiger charge is -2.13. The molecule has 0 bridgehead atoms. The van der Waals surface area contributed by atoms with Crippen molar-refractivity contribution in [1.82, 2.24) is 0 Å². The van der Waals surface area contributed by atoms with Gasteiger partial charge in [-0.3, -0.25) is 0 Å². The van der Waals surface area contributed by atoms with Gasteiger partial charge in [0.15, 0.2) is 0 Å². The van der Waals surface area contributed by atoms with Crippen molar-refractivity contribution >= 4 is 5.69 Å². The van der Waals surface area contributed by atoms with Crippen molar-refractivity contribution in [1.29, 1.82) is 0 Å². The average molecular weight is 271 g/mol. The summed E-state index contributed by atoms with van der Waals surface area (Å²) in [5, 5.41) is 0. The third-order valence-electron chi connectivity index (χ3n) is 3.03. The Hall–Kier alpha value is -2.16. The highest BCUT2D eigenvalue weighted by molar-refractivity contribution is 5.56. The van der Waals surface area contributed by atoms with Crippen LogP contribution in [0.5, 0.6) is 17.2 Å². The van der Waals surface area contributed by atoms with Gasteiger partial charge in [-0.2, -0.15) is 0 Å². The lowest BCUT2D eigenvalue weighted by Crippen LogP contribution is -1.99. The van der Waals surface area contributed by atoms with E-state index in [1.807, 2.05) is 36.4 Å². The summed E-state index contributed by atoms with van der Waals surface area (Å²) in [6.45, 7) is 4.83. The SMILES string of the molecule is CCCOc1cc(Oc2ccccc2CC)ccc1N. The van der Waals surface area contributed by atoms with Crippen LogP contribution in [0.1, 0.15) is 25.8 Å². The largest absolute Gasteiger partial charge is 0.491 e. The third-order valence-corrected chi connectivity index (χ3v) is 3.03. The molecule has 0 radical (unpaired) electrons. The minimum absolute atomic E-state index is 0.634. The fraction of sp³-hybridized carbons (Fsp3) is 0.294. The lowest BCUT2D eigenvalue weighted by atomic mass is 10.1. The summed E-state index contributed by atoms with van der Waals surface area (Å²) < 4.78 is 11.6. The van der Waals surface area contributed by atoms with E-state index in [2.05, 4.69) is 19.9 Å². The highest BCUT2D eigenvalue weighted by Gasteiger charge is 2.06. The number of ether oxygens (including phenoxy) is 2. The lowest BCUT2D eigenvalue weighted by molar-refractivity contribution is 0.317. The Morgan fingerprint density at radius 1 is 1.00 bits per heavy atom. The zero-order valence-electron chi connectivity index (χ0n) is 12.1. The maximum Gasteiger partial charge on any atom is 0.145 e. The van der Waals surface area contributed by atoms with Gasteiger partial charge in [0.2, 0.25) is 0 Å². The molecule has 2 aromatic carbocycles. The highest BCUT2D eigenvalue weighted by atomic mass is 16.5. The van der Waals surface area contributed by atoms with Gasteiger partial charge in [-0.25, -0.2) is 0 Å². The van der Waals surface area contributed by atoms with Gasteiger partial charge in [-0.1, -0.05) is 32.0 Å². The van der Waals surface area contributed by atoms with Gasteiger partial charge >= 0.3 is 0 Å². The number of aryl methyl sites for hydroxylation is 1. The number of rotatable bonds is 6. The van der Waals surface area contributed by atoms with Crippen LogP contribution in [0.15, 0.2) is 42.5 Å². The monoisotopic (exact) mass is 271 g/mol. The number of nitrogen functional groups attached to an aromatic ring is 1. The standard InChI is InChI=1S/C17H21NO2/c1-3-11-19-17-12-14(9-10-15(17)18)20-16-8-6-5-7-13(16)4-2/h5-10,12H,3-4,11,18H2,1-2H3. The highest BCUT2D eigenvalue weighted by Crippen LogP contribution is 2.31. The Morgan fingerprint density at radius 2 is 1.80 bits per heavy atom. The quantitative estimate of drug-likeness (QED) is 0.791. The van der Waals surface area contributed by atoms with Crippen molar-refractivity contribution in [3.63, 3.8) is 0 Å². The molecule has 0 atom stereocenters. The van der Waals surface area contributed by atoms with Gasteiger partial charge in [0.1, 0.15) is 17.2 Å². The first-order valence-corrected chi connectivity index (χ1v) is 7.02. The molecule has 3 heteroatoms. The molecule has 0 heterocycles. The summed E-state index contributed by atoms with van der Waals surface area (Å²) in [6.07, 6.45) is 1.88. The first kappa shape index (κ1) is 14.3. The van der Waals surface area contributed by atoms with E-state index in [-0.39, 0.29) is 0 Å². The first-order valence-electron chi connectivity index (χ1n) is 7.02. The van der Waals surface area contributed by atoms with Gasteiger partial charge in [0, 0.05) is 6.07 Å². The van der Waals surface area contributed by atoms with Crippen LogP contribution in [-0.4, -0.2) is 6.61 Å². The first-order chi connectivity index (χ1) is 9.74. The number of hydrogen-bond acceptors (Lipinski definition) is 3. The van der Waals surface area contributed by atoms with Crippen molar-refractivity contribution in [2.45, 2.75) is 26.7 Å². The number of para-hydroxylation sites is 1. The molecule has 0 amide bonds. The Balaban J connectivity index is 2.20. The van der Waals surface area contributed by atoms with E-state index in [9.17, 15) is 0 Å². The van der Waals surface area contributed by atoms with Crippen LogP contribution in [0, 0.1) is 0 Å². The van der Waals surface area contributed by atoms with Crippen LogP contribution in [0.25, 0.3) is 0 Å². The maximum absolute atomic E-state index is 5.94. The van der Waals surface area contributed by atoms with E-state index in [0.29, 0.717) is 18.0 Å². The molecule has 2 N–H and O–H groups in total. The summed E-state index contributed by atoms with van der Waals surface area (Å²) in [5.74, 6) is 2.30. The van der Waals surface area contributed by atoms with E-state index >= 15 is 0 Å². The zero-order chi connectivity index (χ0) is 14.4. The maximum atomic E-state index is 5.94. The van der Waals surface area contributed by atoms with E-state index in [4.69, 9.17) is 15.2 Å². The molecule has 0 spiro atoms. The number of anilines is 1. The van der Waals surface area contributed by atoms with Gasteiger partial charge in [0.25, 0.3) is 0 Å². The van der Waals surface area contributed by atoms with Crippen molar-refractivity contribution in [3.05, 3.63) is 48.0 Å². The molecule has 2 rings (SSSR count). The molecule has 0 aliphatic carbocycles. The molecule has 0 aliphatic rings. The zero-order valence-corrected chi connectivity index (χ0v) is 12.1. The van der Waals surface area contributed by atoms with Crippen LogP contribution in [0.2, 0.25) is 0 Å². The van der Waals surface area contributed by atoms with E-state index in [1.54, 1.807) is 0 Å². The predicted octanol–water partition coefficient (Wildman–Crippen LogP) is 4.41. The van der Waals surface area contributed by atoms with Gasteiger partial charge in [-0.15, -0.1) is 0 Å². The Bertz CT molecular complexity index is 567. The molecular formula is C17H21NO2. The Kier molecular flexibility index (Phi) is 4.88. The van der Waals surface area contributed by atoms with Crippen molar-refractivity contribution in [3.8, 4) is 17.2 Å². The normalized spacial score (nSPS) is 10.3. The van der Waals surface area contributed by atoms with E-state index < -0.39 is 0 Å². The minimum atomic E-state index is 0.634. The van der Waals surface area contributed by atoms with Crippen molar-refractivity contribution < 1.29 is 9.47 Å². The van der Waals surface area contributed by atoms with Crippen molar-refractivity contribution in [2.24, 2.45) is 0 Å². The molecule has 0 saturated heterocycles. The Labute approximate surface area is 120 Å². The van der Waals surface area contributed by atoms with Crippen LogP contribution in [0.3, 0.4) is 0 Å². The molecule has 20 heavy (non-hydrogen) atoms. The second-order valence-corrected chi connectivity index (χ2v) is 4.61. The average Bonchev–Trinajstić information content (AvgIpc) is 2.48. The van der Waals surface area contributed by atoms with Crippen LogP contribution in [0.4, 0.5) is 5.69 Å². The fourth-order valence-corrected chi connectivity index (χ4v) is 1.94. The summed E-state index contributed by atoms with van der Waals surface area (Å²) in [7, 11) is 0. The molecular weight excluding hydrogens is 250 g/mol.